The first-order valence-electron chi connectivity index (χ1n) is 4.57. The third-order valence-corrected chi connectivity index (χ3v) is 2.43. The van der Waals surface area contributed by atoms with Crippen LogP contribution in [0.5, 0.6) is 0 Å². The third kappa shape index (κ3) is 1.77. The van der Waals surface area contributed by atoms with E-state index >= 15 is 0 Å². The van der Waals surface area contributed by atoms with Crippen molar-refractivity contribution < 1.29 is 9.90 Å². The second-order valence-electron chi connectivity index (χ2n) is 3.45. The topological polar surface area (TPSA) is 37.3 Å². The van der Waals surface area contributed by atoms with Gasteiger partial charge < -0.3 is 5.11 Å². The van der Waals surface area contributed by atoms with Crippen molar-refractivity contribution in [1.82, 2.24) is 0 Å². The number of hydrogen-bond acceptors (Lipinski definition) is 1. The summed E-state index contributed by atoms with van der Waals surface area (Å²) in [7, 11) is 0. The molecule has 0 aromatic heterocycles. The van der Waals surface area contributed by atoms with Gasteiger partial charge >= 0.3 is 5.97 Å². The molecule has 0 radical (unpaired) electrons. The minimum absolute atomic E-state index is 0.184. The lowest BCUT2D eigenvalue weighted by Gasteiger charge is -1.94. The predicted molar refractivity (Wildman–Crippen MR) is 52.8 cm³/mol. The van der Waals surface area contributed by atoms with Gasteiger partial charge in [0.15, 0.2) is 0 Å². The fourth-order valence-corrected chi connectivity index (χ4v) is 1.82. The Morgan fingerprint density at radius 2 is 1.86 bits per heavy atom. The molecule has 2 rings (SSSR count). The zero-order valence-corrected chi connectivity index (χ0v) is 7.66. The van der Waals surface area contributed by atoms with Crippen LogP contribution in [0, 0.1) is 17.8 Å². The van der Waals surface area contributed by atoms with Gasteiger partial charge in [-0.05, 0) is 24.0 Å². The third-order valence-electron chi connectivity index (χ3n) is 2.43. The largest absolute Gasteiger partial charge is 0.472 e. The van der Waals surface area contributed by atoms with E-state index in [9.17, 15) is 4.79 Å². The number of rotatable bonds is 0. The van der Waals surface area contributed by atoms with E-state index in [2.05, 4.69) is 24.0 Å². The molecule has 70 valence electrons. The van der Waals surface area contributed by atoms with Crippen LogP contribution in [0.4, 0.5) is 0 Å². The first kappa shape index (κ1) is 8.83. The lowest BCUT2D eigenvalue weighted by atomic mass is 10.1. The molecule has 0 unspecified atom stereocenters. The monoisotopic (exact) mass is 186 g/mol. The van der Waals surface area contributed by atoms with Crippen LogP contribution in [-0.4, -0.2) is 11.1 Å². The molecule has 0 spiro atoms. The zero-order valence-electron chi connectivity index (χ0n) is 7.66. The minimum Gasteiger partial charge on any atom is -0.472 e. The number of carboxylic acid groups (broad SMARTS) is 1. The highest BCUT2D eigenvalue weighted by molar-refractivity contribution is 5.86. The molecule has 1 aromatic carbocycles. The molecule has 0 aliphatic heterocycles. The second kappa shape index (κ2) is 3.55. The van der Waals surface area contributed by atoms with Crippen molar-refractivity contribution in [2.24, 2.45) is 5.92 Å². The maximum atomic E-state index is 10.3. The molecule has 2 nitrogen and oxygen atoms in total. The lowest BCUT2D eigenvalue weighted by molar-refractivity contribution is -0.130. The van der Waals surface area contributed by atoms with Gasteiger partial charge in [0.2, 0.25) is 0 Å². The van der Waals surface area contributed by atoms with Gasteiger partial charge in [0.05, 0.1) is 0 Å². The van der Waals surface area contributed by atoms with Crippen LogP contribution in [0.2, 0.25) is 0 Å². The van der Waals surface area contributed by atoms with Crippen LogP contribution in [0.25, 0.3) is 0 Å². The first-order chi connectivity index (χ1) is 6.75. The molecule has 0 fully saturated rings. The summed E-state index contributed by atoms with van der Waals surface area (Å²) in [6.07, 6.45) is 1.77. The summed E-state index contributed by atoms with van der Waals surface area (Å²) in [5.74, 6) is 4.11. The molecule has 14 heavy (non-hydrogen) atoms. The summed E-state index contributed by atoms with van der Waals surface area (Å²) >= 11 is 0. The van der Waals surface area contributed by atoms with Crippen LogP contribution in [0.15, 0.2) is 24.3 Å². The summed E-state index contributed by atoms with van der Waals surface area (Å²) in [5, 5.41) is 8.42. The highest BCUT2D eigenvalue weighted by atomic mass is 16.4. The first-order valence-corrected chi connectivity index (χ1v) is 4.57. The molecule has 0 heterocycles. The Morgan fingerprint density at radius 3 is 2.36 bits per heavy atom. The highest BCUT2D eigenvalue weighted by Crippen LogP contribution is 2.25. The molecule has 0 atom stereocenters. The fourth-order valence-electron chi connectivity index (χ4n) is 1.82. The van der Waals surface area contributed by atoms with Crippen LogP contribution in [-0.2, 0) is 17.6 Å². The van der Waals surface area contributed by atoms with Crippen LogP contribution in [0.3, 0.4) is 0 Å². The average molecular weight is 186 g/mol. The molecule has 0 saturated carbocycles. The molecular formula is C12H10O2. The highest BCUT2D eigenvalue weighted by Gasteiger charge is 2.18. The van der Waals surface area contributed by atoms with Gasteiger partial charge in [-0.2, -0.15) is 0 Å². The number of fused-ring (bicyclic) bond motifs is 1. The van der Waals surface area contributed by atoms with Gasteiger partial charge in [-0.15, -0.1) is 0 Å². The van der Waals surface area contributed by atoms with Gasteiger partial charge in [-0.3, -0.25) is 0 Å². The number of benzene rings is 1. The van der Waals surface area contributed by atoms with Gasteiger partial charge in [-0.25, -0.2) is 4.79 Å². The summed E-state index contributed by atoms with van der Waals surface area (Å²) in [6, 6.07) is 8.17. The van der Waals surface area contributed by atoms with E-state index in [0.717, 1.165) is 12.8 Å². The van der Waals surface area contributed by atoms with Gasteiger partial charge in [-0.1, -0.05) is 30.2 Å². The molecule has 0 bridgehead atoms. The maximum absolute atomic E-state index is 10.3. The van der Waals surface area contributed by atoms with Crippen molar-refractivity contribution in [3.05, 3.63) is 35.4 Å². The smallest absolute Gasteiger partial charge is 0.381 e. The van der Waals surface area contributed by atoms with Crippen molar-refractivity contribution >= 4 is 5.97 Å². The van der Waals surface area contributed by atoms with Crippen molar-refractivity contribution in [2.75, 3.05) is 0 Å². The predicted octanol–water partition coefficient (Wildman–Crippen LogP) is 1.49. The van der Waals surface area contributed by atoms with E-state index in [4.69, 9.17) is 5.11 Å². The van der Waals surface area contributed by atoms with E-state index in [1.165, 1.54) is 11.1 Å². The molecule has 0 saturated heterocycles. The Morgan fingerprint density at radius 1 is 1.29 bits per heavy atom. The van der Waals surface area contributed by atoms with Gasteiger partial charge in [0.25, 0.3) is 0 Å². The Balaban J connectivity index is 2.13. The molecular weight excluding hydrogens is 176 g/mol. The van der Waals surface area contributed by atoms with Crippen LogP contribution >= 0.6 is 0 Å². The fraction of sp³-hybridized carbons (Fsp3) is 0.250. The van der Waals surface area contributed by atoms with Crippen molar-refractivity contribution in [1.29, 1.82) is 0 Å². The lowest BCUT2D eigenvalue weighted by Crippen LogP contribution is -1.97. The van der Waals surface area contributed by atoms with Crippen LogP contribution < -0.4 is 0 Å². The maximum Gasteiger partial charge on any atom is 0.381 e. The Labute approximate surface area is 82.6 Å². The number of carbonyl (C=O) groups is 1. The number of carboxylic acids is 1. The standard InChI is InChI=1S/C12H10O2/c13-12(14)6-5-9-7-10-3-1-2-4-11(10)8-9/h1-4,9H,7-8H2,(H,13,14). The Hall–Kier alpha value is -1.75. The molecule has 1 aliphatic rings. The Kier molecular flexibility index (Phi) is 2.24. The van der Waals surface area contributed by atoms with Crippen molar-refractivity contribution in [2.45, 2.75) is 12.8 Å². The molecule has 1 aromatic rings. The minimum atomic E-state index is -1.04. The molecule has 1 aliphatic carbocycles. The van der Waals surface area contributed by atoms with E-state index in [0.29, 0.717) is 0 Å². The molecule has 1 N–H and O–H groups in total. The Bertz CT molecular complexity index is 398. The number of hydrogen-bond donors (Lipinski definition) is 1. The van der Waals surface area contributed by atoms with Gasteiger partial charge in [0, 0.05) is 11.8 Å². The second-order valence-corrected chi connectivity index (χ2v) is 3.45. The summed E-state index contributed by atoms with van der Waals surface area (Å²) in [4.78, 5) is 10.3. The van der Waals surface area contributed by atoms with E-state index in [-0.39, 0.29) is 5.92 Å². The summed E-state index contributed by atoms with van der Waals surface area (Å²) < 4.78 is 0. The number of aliphatic carboxylic acids is 1. The van der Waals surface area contributed by atoms with E-state index in [1.54, 1.807) is 0 Å². The summed E-state index contributed by atoms with van der Waals surface area (Å²) in [6.45, 7) is 0. The van der Waals surface area contributed by atoms with Crippen molar-refractivity contribution in [3.8, 4) is 11.8 Å². The molecule has 0 amide bonds. The summed E-state index contributed by atoms with van der Waals surface area (Å²) in [5.41, 5.74) is 2.61. The molecule has 2 heteroatoms. The van der Waals surface area contributed by atoms with Crippen LogP contribution in [0.1, 0.15) is 11.1 Å². The SMILES string of the molecule is O=C(O)C#CC1Cc2ccccc2C1. The van der Waals surface area contributed by atoms with E-state index in [1.807, 2.05) is 12.1 Å². The zero-order chi connectivity index (χ0) is 9.97. The van der Waals surface area contributed by atoms with Crippen molar-refractivity contribution in [3.63, 3.8) is 0 Å². The average Bonchev–Trinajstić information content (AvgIpc) is 2.57. The normalized spacial score (nSPS) is 14.3. The van der Waals surface area contributed by atoms with Gasteiger partial charge in [0.1, 0.15) is 0 Å². The van der Waals surface area contributed by atoms with E-state index < -0.39 is 5.97 Å². The quantitative estimate of drug-likeness (QED) is 0.623.